The Hall–Kier alpha value is -2.94. The van der Waals surface area contributed by atoms with Gasteiger partial charge in [-0.05, 0) is 68.5 Å². The molecule has 1 saturated carbocycles. The number of anilines is 1. The molecule has 1 saturated heterocycles. The van der Waals surface area contributed by atoms with Gasteiger partial charge in [0, 0.05) is 37.4 Å². The van der Waals surface area contributed by atoms with E-state index in [9.17, 15) is 27.2 Å². The Balaban J connectivity index is 1.53. The van der Waals surface area contributed by atoms with Crippen molar-refractivity contribution in [1.82, 2.24) is 4.90 Å². The summed E-state index contributed by atoms with van der Waals surface area (Å²) in [7, 11) is 1.25. The van der Waals surface area contributed by atoms with Gasteiger partial charge in [-0.3, -0.25) is 14.5 Å². The summed E-state index contributed by atoms with van der Waals surface area (Å²) >= 11 is 0. The van der Waals surface area contributed by atoms with Gasteiger partial charge >= 0.3 is 5.97 Å². The number of para-hydroxylation sites is 1. The zero-order chi connectivity index (χ0) is 29.1. The van der Waals surface area contributed by atoms with Gasteiger partial charge in [-0.25, -0.2) is 17.6 Å². The summed E-state index contributed by atoms with van der Waals surface area (Å²) in [6, 6.07) is 9.99. The minimum Gasteiger partial charge on any atom is -0.469 e. The van der Waals surface area contributed by atoms with Crippen molar-refractivity contribution < 1.29 is 31.9 Å². The van der Waals surface area contributed by atoms with E-state index in [4.69, 9.17) is 4.74 Å². The fourth-order valence-electron chi connectivity index (χ4n) is 6.02. The number of piperidine rings is 1. The van der Waals surface area contributed by atoms with Crippen molar-refractivity contribution in [1.29, 1.82) is 0 Å². The zero-order valence-electron chi connectivity index (χ0n) is 23.4. The van der Waals surface area contributed by atoms with Gasteiger partial charge < -0.3 is 9.64 Å². The van der Waals surface area contributed by atoms with Gasteiger partial charge in [-0.2, -0.15) is 0 Å². The minimum atomic E-state index is -2.96. The molecule has 2 aromatic rings. The molecular weight excluding hydrogens is 524 g/mol. The number of ether oxygens (including phenoxy) is 1. The van der Waals surface area contributed by atoms with E-state index in [1.807, 2.05) is 24.8 Å². The summed E-state index contributed by atoms with van der Waals surface area (Å²) in [5, 5.41) is 0. The lowest BCUT2D eigenvalue weighted by molar-refractivity contribution is -0.158. The average Bonchev–Trinajstić information content (AvgIpc) is 2.91. The Morgan fingerprint density at radius 3 is 2.35 bits per heavy atom. The van der Waals surface area contributed by atoms with Crippen LogP contribution in [0.5, 0.6) is 0 Å². The molecule has 0 spiro atoms. The van der Waals surface area contributed by atoms with E-state index in [1.165, 1.54) is 25.3 Å². The molecule has 4 rings (SSSR count). The van der Waals surface area contributed by atoms with Gasteiger partial charge in [-0.15, -0.1) is 0 Å². The molecule has 1 heterocycles. The number of carbonyl (C=O) groups is 2. The highest BCUT2D eigenvalue weighted by molar-refractivity contribution is 5.97. The van der Waals surface area contributed by atoms with Gasteiger partial charge in [0.05, 0.1) is 18.2 Å². The van der Waals surface area contributed by atoms with E-state index >= 15 is 0 Å². The summed E-state index contributed by atoms with van der Waals surface area (Å²) in [5.41, 5.74) is 0.213. The molecule has 1 unspecified atom stereocenters. The van der Waals surface area contributed by atoms with Crippen LogP contribution in [0.25, 0.3) is 0 Å². The van der Waals surface area contributed by atoms with Crippen molar-refractivity contribution in [3.8, 4) is 0 Å². The second-order valence-electron chi connectivity index (χ2n) is 11.6. The number of alkyl halides is 2. The molecule has 1 aliphatic carbocycles. The van der Waals surface area contributed by atoms with Crippen LogP contribution in [0.2, 0.25) is 0 Å². The molecule has 2 aromatic carbocycles. The third kappa shape index (κ3) is 6.67. The Labute approximate surface area is 233 Å². The number of rotatable bonds is 8. The summed E-state index contributed by atoms with van der Waals surface area (Å²) in [4.78, 5) is 30.1. The number of hydrogen-bond acceptors (Lipinski definition) is 4. The number of hydrogen-bond donors (Lipinski definition) is 0. The standard InChI is InChI=1S/C31H38F4N2O3/c1-21(2)22-10-11-23(26(33)17-22)20-36-15-13-30(14-16-36,29(39)40-3)19-28(38)37(27-9-5-4-8-25(27)32)24-7-6-12-31(34,35)18-24/h4-5,8-11,17,21,24H,6-7,12-16,18-20H2,1-3H3. The van der Waals surface area contributed by atoms with Crippen LogP contribution in [-0.2, 0) is 20.9 Å². The highest BCUT2D eigenvalue weighted by Gasteiger charge is 2.47. The summed E-state index contributed by atoms with van der Waals surface area (Å²) in [5.74, 6) is -4.85. The Bertz CT molecular complexity index is 1210. The van der Waals surface area contributed by atoms with Gasteiger partial charge in [-0.1, -0.05) is 38.1 Å². The SMILES string of the molecule is COC(=O)C1(CC(=O)N(c2ccccc2F)C2CCCC(F)(F)C2)CCN(Cc2ccc(C(C)C)cc2F)CC1. The quantitative estimate of drug-likeness (QED) is 0.261. The third-order valence-corrected chi connectivity index (χ3v) is 8.42. The van der Waals surface area contributed by atoms with E-state index in [1.54, 1.807) is 18.2 Å². The zero-order valence-corrected chi connectivity index (χ0v) is 23.4. The lowest BCUT2D eigenvalue weighted by atomic mass is 9.74. The highest BCUT2D eigenvalue weighted by Crippen LogP contribution is 2.41. The largest absolute Gasteiger partial charge is 0.469 e. The number of benzene rings is 2. The number of carbonyl (C=O) groups excluding carboxylic acids is 2. The number of likely N-dealkylation sites (tertiary alicyclic amines) is 1. The number of methoxy groups -OCH3 is 1. The van der Waals surface area contributed by atoms with Crippen molar-refractivity contribution in [3.63, 3.8) is 0 Å². The molecule has 0 aromatic heterocycles. The van der Waals surface area contributed by atoms with Crippen LogP contribution in [0.4, 0.5) is 23.2 Å². The van der Waals surface area contributed by atoms with E-state index in [-0.39, 0.29) is 49.5 Å². The number of nitrogens with zero attached hydrogens (tertiary/aromatic N) is 2. The summed E-state index contributed by atoms with van der Waals surface area (Å²) in [6.45, 7) is 5.18. The number of halogens is 4. The maximum Gasteiger partial charge on any atom is 0.312 e. The molecule has 9 heteroatoms. The highest BCUT2D eigenvalue weighted by atomic mass is 19.3. The van der Waals surface area contributed by atoms with E-state index in [0.717, 1.165) is 10.5 Å². The Morgan fingerprint density at radius 1 is 1.05 bits per heavy atom. The van der Waals surface area contributed by atoms with Crippen molar-refractivity contribution in [2.24, 2.45) is 5.41 Å². The molecule has 218 valence electrons. The fraction of sp³-hybridized carbons (Fsp3) is 0.548. The van der Waals surface area contributed by atoms with Gasteiger partial charge in [0.25, 0.3) is 0 Å². The molecule has 2 fully saturated rings. The average molecular weight is 563 g/mol. The first kappa shape index (κ1) is 30.0. The van der Waals surface area contributed by atoms with Crippen LogP contribution in [0.1, 0.15) is 75.8 Å². The van der Waals surface area contributed by atoms with Crippen molar-refractivity contribution >= 4 is 17.6 Å². The molecule has 0 radical (unpaired) electrons. The van der Waals surface area contributed by atoms with Crippen LogP contribution < -0.4 is 4.90 Å². The molecule has 2 aliphatic rings. The topological polar surface area (TPSA) is 49.9 Å². The van der Waals surface area contributed by atoms with Gasteiger partial charge in [0.15, 0.2) is 0 Å². The van der Waals surface area contributed by atoms with Crippen LogP contribution >= 0.6 is 0 Å². The van der Waals surface area contributed by atoms with Crippen molar-refractivity contribution in [3.05, 3.63) is 65.2 Å². The lowest BCUT2D eigenvalue weighted by Crippen LogP contribution is -2.51. The number of esters is 1. The smallest absolute Gasteiger partial charge is 0.312 e. The predicted octanol–water partition coefficient (Wildman–Crippen LogP) is 6.84. The second kappa shape index (κ2) is 12.3. The number of amides is 1. The molecule has 1 aliphatic heterocycles. The van der Waals surface area contributed by atoms with Crippen LogP contribution in [0.3, 0.4) is 0 Å². The van der Waals surface area contributed by atoms with Crippen molar-refractivity contribution in [2.75, 3.05) is 25.1 Å². The normalized spacial score (nSPS) is 20.8. The molecule has 0 bridgehead atoms. The molecule has 5 nitrogen and oxygen atoms in total. The van der Waals surface area contributed by atoms with Crippen molar-refractivity contribution in [2.45, 2.75) is 83.2 Å². The van der Waals surface area contributed by atoms with E-state index in [2.05, 4.69) is 0 Å². The van der Waals surface area contributed by atoms with Gasteiger partial charge in [0.1, 0.15) is 11.6 Å². The predicted molar refractivity (Wildman–Crippen MR) is 145 cm³/mol. The van der Waals surface area contributed by atoms with Crippen LogP contribution in [-0.4, -0.2) is 48.9 Å². The van der Waals surface area contributed by atoms with Gasteiger partial charge in [0.2, 0.25) is 11.8 Å². The fourth-order valence-corrected chi connectivity index (χ4v) is 6.02. The maximum atomic E-state index is 14.9. The maximum absolute atomic E-state index is 14.9. The molecule has 1 atom stereocenters. The monoisotopic (exact) mass is 562 g/mol. The third-order valence-electron chi connectivity index (χ3n) is 8.42. The Morgan fingerprint density at radius 2 is 1.75 bits per heavy atom. The first-order valence-corrected chi connectivity index (χ1v) is 14.0. The van der Waals surface area contributed by atoms with E-state index < -0.39 is 41.5 Å². The molecule has 40 heavy (non-hydrogen) atoms. The van der Waals surface area contributed by atoms with Crippen LogP contribution in [0, 0.1) is 17.0 Å². The molecular formula is C31H38F4N2O3. The first-order valence-electron chi connectivity index (χ1n) is 14.0. The summed E-state index contributed by atoms with van der Waals surface area (Å²) < 4.78 is 63.5. The summed E-state index contributed by atoms with van der Waals surface area (Å²) in [6.07, 6.45) is -0.0657. The minimum absolute atomic E-state index is 0.0621. The first-order chi connectivity index (χ1) is 18.9. The Kier molecular flexibility index (Phi) is 9.22. The molecule has 1 amide bonds. The molecule has 0 N–H and O–H groups in total. The second-order valence-corrected chi connectivity index (χ2v) is 11.6. The lowest BCUT2D eigenvalue weighted by Gasteiger charge is -2.42. The van der Waals surface area contributed by atoms with Crippen LogP contribution in [0.15, 0.2) is 42.5 Å². The van der Waals surface area contributed by atoms with E-state index in [0.29, 0.717) is 31.6 Å².